The Hall–Kier alpha value is -1.70. The van der Waals surface area contributed by atoms with Gasteiger partial charge >= 0.3 is 0 Å². The predicted octanol–water partition coefficient (Wildman–Crippen LogP) is 0.396. The molecule has 21 heavy (non-hydrogen) atoms. The fourth-order valence-corrected chi connectivity index (χ4v) is 3.46. The first-order chi connectivity index (χ1) is 10.1. The largest absolute Gasteiger partial charge is 0.371 e. The molecule has 1 N–H and O–H groups in total. The number of aromatic nitrogens is 2. The Kier molecular flexibility index (Phi) is 3.79. The highest BCUT2D eigenvalue weighted by molar-refractivity contribution is 7.73. The molecule has 0 fully saturated rings. The van der Waals surface area contributed by atoms with Crippen LogP contribution in [0.1, 0.15) is 18.4 Å². The van der Waals surface area contributed by atoms with Crippen molar-refractivity contribution in [2.75, 3.05) is 13.7 Å². The van der Waals surface area contributed by atoms with Crippen molar-refractivity contribution in [3.05, 3.63) is 35.4 Å². The van der Waals surface area contributed by atoms with E-state index >= 15 is 0 Å². The van der Waals surface area contributed by atoms with Crippen molar-refractivity contribution in [2.24, 2.45) is 0 Å². The van der Waals surface area contributed by atoms with Gasteiger partial charge in [0.1, 0.15) is 16.8 Å². The van der Waals surface area contributed by atoms with E-state index in [2.05, 4.69) is 14.9 Å². The van der Waals surface area contributed by atoms with Gasteiger partial charge in [0, 0.05) is 32.0 Å². The van der Waals surface area contributed by atoms with E-state index in [-0.39, 0.29) is 4.86 Å². The maximum Gasteiger partial charge on any atom is 0.220 e. The van der Waals surface area contributed by atoms with Gasteiger partial charge in [0.15, 0.2) is 0 Å². The van der Waals surface area contributed by atoms with Gasteiger partial charge in [0.25, 0.3) is 0 Å². The topological polar surface area (TPSA) is 73.2 Å². The van der Waals surface area contributed by atoms with E-state index in [0.717, 1.165) is 36.7 Å². The lowest BCUT2D eigenvalue weighted by atomic mass is 9.94. The number of hydrogen-bond donors (Lipinski definition) is 1. The van der Waals surface area contributed by atoms with Crippen molar-refractivity contribution >= 4 is 20.7 Å². The fourth-order valence-electron chi connectivity index (χ4n) is 2.73. The second-order valence-electron chi connectivity index (χ2n) is 5.10. The summed E-state index contributed by atoms with van der Waals surface area (Å²) < 4.78 is 30.5. The Labute approximate surface area is 124 Å². The minimum Gasteiger partial charge on any atom is -0.371 e. The van der Waals surface area contributed by atoms with Crippen molar-refractivity contribution in [1.82, 2.24) is 14.9 Å². The summed E-state index contributed by atoms with van der Waals surface area (Å²) >= 11 is 0. The minimum absolute atomic E-state index is 0.277. The highest BCUT2D eigenvalue weighted by atomic mass is 32.2. The molecule has 1 aromatic rings. The van der Waals surface area contributed by atoms with E-state index < -0.39 is 16.4 Å². The molecule has 1 aliphatic heterocycles. The lowest BCUT2D eigenvalue weighted by molar-refractivity contribution is 0.199. The Bertz CT molecular complexity index is 740. The molecule has 0 amide bonds. The third-order valence-electron chi connectivity index (χ3n) is 3.80. The van der Waals surface area contributed by atoms with E-state index in [4.69, 9.17) is 4.74 Å². The molecule has 3 rings (SSSR count). The van der Waals surface area contributed by atoms with Crippen LogP contribution in [0.5, 0.6) is 0 Å². The van der Waals surface area contributed by atoms with Crippen LogP contribution in [0.2, 0.25) is 0 Å². The third-order valence-corrected chi connectivity index (χ3v) is 4.70. The van der Waals surface area contributed by atoms with Crippen LogP contribution in [-0.2, 0) is 28.1 Å². The Morgan fingerprint density at radius 1 is 1.43 bits per heavy atom. The molecule has 0 saturated carbocycles. The van der Waals surface area contributed by atoms with Gasteiger partial charge in [-0.3, -0.25) is 0 Å². The fraction of sp³-hybridized carbons (Fsp3) is 0.429. The molecule has 0 aromatic carbocycles. The maximum absolute atomic E-state index is 11.5. The van der Waals surface area contributed by atoms with E-state index in [1.807, 2.05) is 12.3 Å². The molecule has 1 aromatic heterocycles. The van der Waals surface area contributed by atoms with Crippen LogP contribution in [0.25, 0.3) is 5.57 Å². The number of ether oxygens (including phenoxy) is 1. The van der Waals surface area contributed by atoms with Gasteiger partial charge in [-0.1, -0.05) is 12.2 Å². The summed E-state index contributed by atoms with van der Waals surface area (Å²) in [6.45, 7) is 4.28. The minimum atomic E-state index is -2.31. The standard InChI is InChI=1S/C14H17N3O3S/c1-9-3-4-10(13(20-2)14(9)21(18)19)11-8-17-6-5-15-7-12(17)16-11/h3-4,8,13,15H,5-7H2,1-2H3. The lowest BCUT2D eigenvalue weighted by Crippen LogP contribution is -2.28. The zero-order valence-electron chi connectivity index (χ0n) is 12.0. The average Bonchev–Trinajstić information content (AvgIpc) is 2.89. The number of nitrogens with one attached hydrogen (secondary N) is 1. The Morgan fingerprint density at radius 2 is 2.24 bits per heavy atom. The van der Waals surface area contributed by atoms with Crippen molar-refractivity contribution in [2.45, 2.75) is 26.1 Å². The first-order valence-corrected chi connectivity index (χ1v) is 7.84. The summed E-state index contributed by atoms with van der Waals surface area (Å²) in [5, 5.41) is 3.27. The van der Waals surface area contributed by atoms with Crippen molar-refractivity contribution < 1.29 is 13.2 Å². The summed E-state index contributed by atoms with van der Waals surface area (Å²) in [5.74, 6) is 0.961. The normalized spacial score (nSPS) is 21.6. The molecule has 0 spiro atoms. The number of imidazole rings is 1. The van der Waals surface area contributed by atoms with Gasteiger partial charge in [0.05, 0.1) is 12.2 Å². The van der Waals surface area contributed by atoms with Gasteiger partial charge in [-0.05, 0) is 12.5 Å². The van der Waals surface area contributed by atoms with Crippen LogP contribution in [0.3, 0.4) is 0 Å². The van der Waals surface area contributed by atoms with Crippen LogP contribution >= 0.6 is 0 Å². The number of rotatable bonds is 2. The van der Waals surface area contributed by atoms with Crippen molar-refractivity contribution in [1.29, 1.82) is 0 Å². The summed E-state index contributed by atoms with van der Waals surface area (Å²) in [4.78, 5) is 4.88. The third kappa shape index (κ3) is 2.48. The quantitative estimate of drug-likeness (QED) is 0.801. The van der Waals surface area contributed by atoms with Crippen LogP contribution in [0.15, 0.2) is 23.9 Å². The van der Waals surface area contributed by atoms with E-state index in [1.54, 1.807) is 13.0 Å². The number of nitrogens with zero attached hydrogens (tertiary/aromatic N) is 2. The molecular weight excluding hydrogens is 290 g/mol. The highest BCUT2D eigenvalue weighted by Crippen LogP contribution is 2.27. The second kappa shape index (κ2) is 5.59. The van der Waals surface area contributed by atoms with Crippen molar-refractivity contribution in [3.8, 4) is 0 Å². The first-order valence-electron chi connectivity index (χ1n) is 6.76. The highest BCUT2D eigenvalue weighted by Gasteiger charge is 2.29. The summed E-state index contributed by atoms with van der Waals surface area (Å²) in [6.07, 6.45) is 5.06. The van der Waals surface area contributed by atoms with Crippen LogP contribution < -0.4 is 5.32 Å². The second-order valence-corrected chi connectivity index (χ2v) is 6.01. The zero-order valence-corrected chi connectivity index (χ0v) is 12.8. The summed E-state index contributed by atoms with van der Waals surface area (Å²) in [6, 6.07) is 0. The molecule has 7 heteroatoms. The Morgan fingerprint density at radius 3 is 2.90 bits per heavy atom. The predicted molar refractivity (Wildman–Crippen MR) is 80.4 cm³/mol. The van der Waals surface area contributed by atoms with Gasteiger partial charge < -0.3 is 14.6 Å². The number of fused-ring (bicyclic) bond motifs is 1. The van der Waals surface area contributed by atoms with Gasteiger partial charge in [-0.25, -0.2) is 4.98 Å². The van der Waals surface area contributed by atoms with E-state index in [9.17, 15) is 8.42 Å². The van der Waals surface area contributed by atoms with Crippen LogP contribution in [0, 0.1) is 0 Å². The monoisotopic (exact) mass is 307 g/mol. The molecular formula is C14H17N3O3S. The smallest absolute Gasteiger partial charge is 0.220 e. The molecule has 1 unspecified atom stereocenters. The molecule has 1 atom stereocenters. The van der Waals surface area contributed by atoms with Gasteiger partial charge in [-0.15, -0.1) is 0 Å². The summed E-state index contributed by atoms with van der Waals surface area (Å²) in [5.41, 5.74) is 2.25. The zero-order chi connectivity index (χ0) is 15.0. The maximum atomic E-state index is 11.5. The van der Waals surface area contributed by atoms with Gasteiger partial charge in [-0.2, -0.15) is 8.42 Å². The lowest BCUT2D eigenvalue weighted by Gasteiger charge is -2.21. The number of allylic oxidation sites excluding steroid dienone is 2. The van der Waals surface area contributed by atoms with Crippen molar-refractivity contribution in [3.63, 3.8) is 0 Å². The Balaban J connectivity index is 2.09. The number of methoxy groups -OCH3 is 1. The summed E-state index contributed by atoms with van der Waals surface area (Å²) in [7, 11) is -0.795. The molecule has 0 radical (unpaired) electrons. The molecule has 0 bridgehead atoms. The van der Waals surface area contributed by atoms with Gasteiger partial charge in [0.2, 0.25) is 10.3 Å². The molecule has 0 saturated heterocycles. The van der Waals surface area contributed by atoms with E-state index in [1.165, 1.54) is 7.11 Å². The van der Waals surface area contributed by atoms with Crippen LogP contribution in [-0.4, -0.2) is 42.6 Å². The molecule has 2 heterocycles. The SMILES string of the molecule is COC1C(c2cn3c(n2)CNCC3)=CC=C(C)C1=S(=O)=O. The molecule has 6 nitrogen and oxygen atoms in total. The molecule has 112 valence electrons. The average molecular weight is 307 g/mol. The number of hydrogen-bond acceptors (Lipinski definition) is 5. The van der Waals surface area contributed by atoms with E-state index in [0.29, 0.717) is 5.57 Å². The van der Waals surface area contributed by atoms with Crippen LogP contribution in [0.4, 0.5) is 0 Å². The molecule has 2 aliphatic rings. The first kappa shape index (κ1) is 14.2. The molecule has 1 aliphatic carbocycles.